The van der Waals surface area contributed by atoms with E-state index in [9.17, 15) is 14.7 Å². The third-order valence-corrected chi connectivity index (χ3v) is 7.07. The van der Waals surface area contributed by atoms with Gasteiger partial charge in [-0.05, 0) is 51.4 Å². The number of carbonyl (C=O) groups is 2. The van der Waals surface area contributed by atoms with Gasteiger partial charge in [0.15, 0.2) is 0 Å². The lowest BCUT2D eigenvalue weighted by molar-refractivity contribution is -0.152. The van der Waals surface area contributed by atoms with Gasteiger partial charge in [0.05, 0.1) is 0 Å². The zero-order valence-electron chi connectivity index (χ0n) is 27.2. The van der Waals surface area contributed by atoms with E-state index in [1.165, 1.54) is 77.0 Å². The van der Waals surface area contributed by atoms with Crippen LogP contribution in [0.3, 0.4) is 0 Å². The van der Waals surface area contributed by atoms with Crippen molar-refractivity contribution in [1.29, 1.82) is 0 Å². The first-order valence-corrected chi connectivity index (χ1v) is 17.2. The summed E-state index contributed by atoms with van der Waals surface area (Å²) in [6.07, 6.45) is 40.2. The van der Waals surface area contributed by atoms with E-state index in [1.54, 1.807) is 0 Å². The molecule has 0 unspecified atom stereocenters. The summed E-state index contributed by atoms with van der Waals surface area (Å²) in [5.74, 6) is -0.632. The Morgan fingerprint density at radius 3 is 1.33 bits per heavy atom. The molecule has 0 spiro atoms. The van der Waals surface area contributed by atoms with Crippen molar-refractivity contribution in [2.24, 2.45) is 0 Å². The fourth-order valence-electron chi connectivity index (χ4n) is 4.43. The van der Waals surface area contributed by atoms with Gasteiger partial charge < -0.3 is 14.6 Å². The number of ether oxygens (including phenoxy) is 2. The maximum atomic E-state index is 11.9. The standard InChI is InChI=1S/C37H64O5/c1-3-5-7-9-11-13-15-16-17-18-19-20-22-24-26-28-30-32-37(40)42-34-35(38)33-41-36(39)31-29-27-25-23-21-14-12-10-8-6-4-2/h11,13,16-17,19-20,24,26,35,38H,3-10,12,14-15,18,21-23,25,27-34H2,1-2H3/b13-11-,17-16-,20-19-,26-24-/t35-/m1/s1. The fraction of sp³-hybridized carbons (Fsp3) is 0.730. The average Bonchev–Trinajstić information content (AvgIpc) is 2.99. The van der Waals surface area contributed by atoms with Crippen molar-refractivity contribution < 1.29 is 24.2 Å². The summed E-state index contributed by atoms with van der Waals surface area (Å²) < 4.78 is 10.2. The van der Waals surface area contributed by atoms with Crippen LogP contribution < -0.4 is 0 Å². The Morgan fingerprint density at radius 1 is 0.500 bits per heavy atom. The number of hydrogen-bond acceptors (Lipinski definition) is 5. The summed E-state index contributed by atoms with van der Waals surface area (Å²) in [4.78, 5) is 23.8. The molecule has 1 N–H and O–H groups in total. The Morgan fingerprint density at radius 2 is 0.857 bits per heavy atom. The number of unbranched alkanes of at least 4 members (excludes halogenated alkanes) is 14. The van der Waals surface area contributed by atoms with E-state index in [0.717, 1.165) is 44.9 Å². The molecular formula is C37H64O5. The lowest BCUT2D eigenvalue weighted by Crippen LogP contribution is -2.25. The third kappa shape index (κ3) is 32.4. The number of aliphatic hydroxyl groups is 1. The van der Waals surface area contributed by atoms with Gasteiger partial charge in [0, 0.05) is 12.8 Å². The van der Waals surface area contributed by atoms with Crippen LogP contribution in [0.4, 0.5) is 0 Å². The normalized spacial score (nSPS) is 12.7. The summed E-state index contributed by atoms with van der Waals surface area (Å²) >= 11 is 0. The van der Waals surface area contributed by atoms with Gasteiger partial charge in [0.25, 0.3) is 0 Å². The first-order valence-electron chi connectivity index (χ1n) is 17.2. The van der Waals surface area contributed by atoms with Gasteiger partial charge in [-0.3, -0.25) is 9.59 Å². The first kappa shape index (κ1) is 39.9. The van der Waals surface area contributed by atoms with Crippen LogP contribution in [0.15, 0.2) is 48.6 Å². The maximum Gasteiger partial charge on any atom is 0.305 e. The van der Waals surface area contributed by atoms with Crippen molar-refractivity contribution in [1.82, 2.24) is 0 Å². The highest BCUT2D eigenvalue weighted by atomic mass is 16.6. The number of aliphatic hydroxyl groups excluding tert-OH is 1. The molecular weight excluding hydrogens is 524 g/mol. The molecule has 0 saturated heterocycles. The highest BCUT2D eigenvalue weighted by Crippen LogP contribution is 2.12. The second-order valence-corrected chi connectivity index (χ2v) is 11.3. The highest BCUT2D eigenvalue weighted by Gasteiger charge is 2.11. The summed E-state index contributed by atoms with van der Waals surface area (Å²) in [7, 11) is 0. The molecule has 0 aromatic rings. The van der Waals surface area contributed by atoms with E-state index in [0.29, 0.717) is 19.3 Å². The molecule has 0 aromatic carbocycles. The Kier molecular flexibility index (Phi) is 31.7. The quantitative estimate of drug-likeness (QED) is 0.0513. The molecule has 5 nitrogen and oxygen atoms in total. The molecule has 0 aliphatic carbocycles. The molecule has 42 heavy (non-hydrogen) atoms. The van der Waals surface area contributed by atoms with Crippen molar-refractivity contribution in [2.75, 3.05) is 13.2 Å². The molecule has 242 valence electrons. The summed E-state index contributed by atoms with van der Waals surface area (Å²) in [5.41, 5.74) is 0. The zero-order valence-corrected chi connectivity index (χ0v) is 27.2. The topological polar surface area (TPSA) is 72.8 Å². The van der Waals surface area contributed by atoms with Crippen molar-refractivity contribution >= 4 is 11.9 Å². The number of allylic oxidation sites excluding steroid dienone is 8. The predicted octanol–water partition coefficient (Wildman–Crippen LogP) is 10.3. The minimum absolute atomic E-state index is 0.133. The summed E-state index contributed by atoms with van der Waals surface area (Å²) in [6.45, 7) is 4.20. The third-order valence-electron chi connectivity index (χ3n) is 7.07. The number of hydrogen-bond donors (Lipinski definition) is 1. The Labute approximate surface area is 258 Å². The molecule has 0 heterocycles. The molecule has 0 saturated carbocycles. The highest BCUT2D eigenvalue weighted by molar-refractivity contribution is 5.69. The van der Waals surface area contributed by atoms with E-state index in [-0.39, 0.29) is 25.2 Å². The van der Waals surface area contributed by atoms with Crippen LogP contribution >= 0.6 is 0 Å². The predicted molar refractivity (Wildman–Crippen MR) is 177 cm³/mol. The van der Waals surface area contributed by atoms with Crippen LogP contribution in [-0.2, 0) is 19.1 Å². The SMILES string of the molecule is CCCCC/C=C\C/C=C\C/C=C\C/C=C\CCCC(=O)OC[C@H](O)COC(=O)CCCCCCCCCCCCC. The van der Waals surface area contributed by atoms with E-state index < -0.39 is 6.10 Å². The van der Waals surface area contributed by atoms with E-state index >= 15 is 0 Å². The first-order chi connectivity index (χ1) is 20.6. The Bertz CT molecular complexity index is 722. The molecule has 5 heteroatoms. The minimum Gasteiger partial charge on any atom is -0.463 e. The van der Waals surface area contributed by atoms with E-state index in [1.807, 2.05) is 0 Å². The fourth-order valence-corrected chi connectivity index (χ4v) is 4.43. The van der Waals surface area contributed by atoms with Gasteiger partial charge in [0.1, 0.15) is 19.3 Å². The molecule has 0 amide bonds. The van der Waals surface area contributed by atoms with Crippen molar-refractivity contribution in [3.05, 3.63) is 48.6 Å². The van der Waals surface area contributed by atoms with Gasteiger partial charge in [-0.25, -0.2) is 0 Å². The Balaban J connectivity index is 3.57. The van der Waals surface area contributed by atoms with Gasteiger partial charge in [0.2, 0.25) is 0 Å². The summed E-state index contributed by atoms with van der Waals surface area (Å²) in [5, 5.41) is 9.95. The molecule has 0 bridgehead atoms. The molecule has 1 atom stereocenters. The van der Waals surface area contributed by atoms with Gasteiger partial charge in [-0.2, -0.15) is 0 Å². The molecule has 0 aromatic heterocycles. The van der Waals surface area contributed by atoms with Crippen molar-refractivity contribution in [3.8, 4) is 0 Å². The number of carbonyl (C=O) groups excluding carboxylic acids is 2. The average molecular weight is 589 g/mol. The van der Waals surface area contributed by atoms with Crippen LogP contribution in [0.25, 0.3) is 0 Å². The monoisotopic (exact) mass is 588 g/mol. The minimum atomic E-state index is -0.983. The largest absolute Gasteiger partial charge is 0.463 e. The Hall–Kier alpha value is -2.14. The number of esters is 2. The van der Waals surface area contributed by atoms with Crippen LogP contribution in [0.1, 0.15) is 155 Å². The van der Waals surface area contributed by atoms with Crippen LogP contribution in [0.5, 0.6) is 0 Å². The van der Waals surface area contributed by atoms with Gasteiger partial charge in [-0.15, -0.1) is 0 Å². The number of rotatable bonds is 30. The van der Waals surface area contributed by atoms with Gasteiger partial charge >= 0.3 is 11.9 Å². The van der Waals surface area contributed by atoms with Crippen molar-refractivity contribution in [3.63, 3.8) is 0 Å². The van der Waals surface area contributed by atoms with Gasteiger partial charge in [-0.1, -0.05) is 140 Å². The molecule has 0 aliphatic heterocycles. The van der Waals surface area contributed by atoms with Crippen LogP contribution in [0.2, 0.25) is 0 Å². The maximum absolute atomic E-state index is 11.9. The second-order valence-electron chi connectivity index (χ2n) is 11.3. The van der Waals surface area contributed by atoms with Crippen LogP contribution in [0, 0.1) is 0 Å². The van der Waals surface area contributed by atoms with Crippen LogP contribution in [-0.4, -0.2) is 36.4 Å². The smallest absolute Gasteiger partial charge is 0.305 e. The lowest BCUT2D eigenvalue weighted by atomic mass is 10.1. The zero-order chi connectivity index (χ0) is 30.8. The van der Waals surface area contributed by atoms with E-state index in [4.69, 9.17) is 9.47 Å². The lowest BCUT2D eigenvalue weighted by Gasteiger charge is -2.12. The molecule has 0 fully saturated rings. The van der Waals surface area contributed by atoms with Crippen molar-refractivity contribution in [2.45, 2.75) is 161 Å². The second kappa shape index (κ2) is 33.4. The summed E-state index contributed by atoms with van der Waals surface area (Å²) in [6, 6.07) is 0. The molecule has 0 radical (unpaired) electrons. The molecule has 0 rings (SSSR count). The van der Waals surface area contributed by atoms with E-state index in [2.05, 4.69) is 62.5 Å². The molecule has 0 aliphatic rings.